The maximum Gasteiger partial charge on any atom is 0.127 e. The van der Waals surface area contributed by atoms with Gasteiger partial charge in [-0.05, 0) is 238 Å². The number of hydrogen-bond acceptors (Lipinski definition) is 5. The first-order chi connectivity index (χ1) is 39.9. The Morgan fingerprint density at radius 1 is 0.358 bits per heavy atom. The molecule has 0 saturated heterocycles. The first-order valence-electron chi connectivity index (χ1n) is 27.1. The average molecular weight is 1180 g/mol. The Balaban J connectivity index is 0.00000364. The van der Waals surface area contributed by atoms with Gasteiger partial charge in [0.2, 0.25) is 0 Å². The Hall–Kier alpha value is -9.20. The van der Waals surface area contributed by atoms with Gasteiger partial charge in [0.15, 0.2) is 0 Å². The molecule has 0 amide bonds. The summed E-state index contributed by atoms with van der Waals surface area (Å²) < 4.78 is 7.74. The summed E-state index contributed by atoms with van der Waals surface area (Å²) in [7, 11) is 2.80. The molecule has 0 aliphatic heterocycles. The van der Waals surface area contributed by atoms with Gasteiger partial charge in [0, 0.05) is 71.8 Å². The number of ether oxygens (including phenoxy) is 1. The number of halogens is 1. The molecule has 5 nitrogen and oxygen atoms in total. The van der Waals surface area contributed by atoms with Crippen molar-refractivity contribution in [1.82, 2.24) is 0 Å². The fourth-order valence-electron chi connectivity index (χ4n) is 9.83. The molecule has 11 aromatic rings. The van der Waals surface area contributed by atoms with Crippen molar-refractivity contribution < 1.29 is 4.74 Å². The Morgan fingerprint density at radius 2 is 0.679 bits per heavy atom. The minimum atomic E-state index is 0.733. The maximum absolute atomic E-state index is 6.54. The fourth-order valence-corrected chi connectivity index (χ4v) is 10.7. The van der Waals surface area contributed by atoms with Crippen LogP contribution in [0, 0.1) is 3.57 Å². The zero-order valence-corrected chi connectivity index (χ0v) is 48.7. The molecule has 0 radical (unpaired) electrons. The van der Waals surface area contributed by atoms with E-state index in [4.69, 9.17) is 4.74 Å². The van der Waals surface area contributed by atoms with E-state index in [1.54, 1.807) is 6.08 Å². The molecule has 0 aliphatic rings. The highest BCUT2D eigenvalue weighted by molar-refractivity contribution is 14.1. The average Bonchev–Trinajstić information content (AvgIpc) is 3.65. The molecule has 0 aliphatic carbocycles. The smallest absolute Gasteiger partial charge is 0.127 e. The van der Waals surface area contributed by atoms with Crippen molar-refractivity contribution in [3.05, 3.63) is 326 Å². The SMILES string of the molecule is C=C/C=C(\C=C)N(c1ccc(-c2cccc(I)c2)cc1)c1ccc(N(c2ccccc2)c2ccc(Oc3ccc(N(c4ccccc4)c4ccc(N(c5ccccc5)c5ccc(-c6cccc(P)c6)cc5)cc4)cc3)cc2)cc1.CC. The number of hydrogen-bond donors (Lipinski definition) is 0. The minimum absolute atomic E-state index is 0.733. The zero-order chi connectivity index (χ0) is 55.9. The normalized spacial score (nSPS) is 10.9. The molecule has 0 heterocycles. The van der Waals surface area contributed by atoms with E-state index in [1.165, 1.54) is 20.3 Å². The number of para-hydroxylation sites is 3. The topological polar surface area (TPSA) is 22.2 Å². The molecule has 0 fully saturated rings. The highest BCUT2D eigenvalue weighted by Gasteiger charge is 2.19. The van der Waals surface area contributed by atoms with Gasteiger partial charge in [-0.15, -0.1) is 9.24 Å². The summed E-state index contributed by atoms with van der Waals surface area (Å²) in [4.78, 5) is 9.02. The van der Waals surface area contributed by atoms with Gasteiger partial charge in [0.05, 0.1) is 0 Å². The van der Waals surface area contributed by atoms with Gasteiger partial charge >= 0.3 is 0 Å². The third-order valence-corrected chi connectivity index (χ3v) is 14.6. The van der Waals surface area contributed by atoms with Gasteiger partial charge < -0.3 is 24.3 Å². The lowest BCUT2D eigenvalue weighted by molar-refractivity contribution is 0.483. The molecule has 0 bridgehead atoms. The summed E-state index contributed by atoms with van der Waals surface area (Å²) in [6.07, 6.45) is 5.64. The lowest BCUT2D eigenvalue weighted by Gasteiger charge is -2.29. The molecule has 0 aromatic heterocycles. The van der Waals surface area contributed by atoms with Crippen LogP contribution in [0.5, 0.6) is 11.5 Å². The summed E-state index contributed by atoms with van der Waals surface area (Å²) in [6.45, 7) is 12.2. The third kappa shape index (κ3) is 13.1. The van der Waals surface area contributed by atoms with Gasteiger partial charge in [-0.2, -0.15) is 0 Å². The second-order valence-corrected chi connectivity index (χ2v) is 20.6. The molecule has 1 unspecified atom stereocenters. The molecule has 396 valence electrons. The van der Waals surface area contributed by atoms with Crippen molar-refractivity contribution in [3.8, 4) is 33.8 Å². The summed E-state index contributed by atoms with van der Waals surface area (Å²) in [5, 5.41) is 1.16. The summed E-state index contributed by atoms with van der Waals surface area (Å²) in [5.41, 5.74) is 17.0. The summed E-state index contributed by atoms with van der Waals surface area (Å²) in [5.74, 6) is 1.47. The van der Waals surface area contributed by atoms with E-state index < -0.39 is 0 Å². The van der Waals surface area contributed by atoms with Gasteiger partial charge in [-0.25, -0.2) is 0 Å². The van der Waals surface area contributed by atoms with E-state index in [-0.39, 0.29) is 0 Å². The van der Waals surface area contributed by atoms with Crippen LogP contribution in [0.25, 0.3) is 22.3 Å². The van der Waals surface area contributed by atoms with Gasteiger partial charge in [0.25, 0.3) is 0 Å². The monoisotopic (exact) mass is 1180 g/mol. The molecule has 0 saturated carbocycles. The molecule has 1 atom stereocenters. The second-order valence-electron chi connectivity index (χ2n) is 18.7. The molecule has 0 spiro atoms. The van der Waals surface area contributed by atoms with E-state index in [2.05, 4.69) is 313 Å². The molecule has 7 heteroatoms. The van der Waals surface area contributed by atoms with Crippen molar-refractivity contribution in [3.63, 3.8) is 0 Å². The molecular formula is C74H62IN4OP. The van der Waals surface area contributed by atoms with E-state index in [0.717, 1.165) is 90.6 Å². The first-order valence-corrected chi connectivity index (χ1v) is 28.8. The number of benzene rings is 11. The number of nitrogens with zero attached hydrogens (tertiary/aromatic N) is 4. The lowest BCUT2D eigenvalue weighted by atomic mass is 10.0. The predicted molar refractivity (Wildman–Crippen MR) is 358 cm³/mol. The summed E-state index contributed by atoms with van der Waals surface area (Å²) >= 11 is 2.36. The van der Waals surface area contributed by atoms with E-state index >= 15 is 0 Å². The van der Waals surface area contributed by atoms with Crippen LogP contribution in [-0.4, -0.2) is 0 Å². The Bertz CT molecular complexity index is 3840. The fraction of sp³-hybridized carbons (Fsp3) is 0.0270. The Labute approximate surface area is 494 Å². The van der Waals surface area contributed by atoms with Crippen molar-refractivity contribution in [2.24, 2.45) is 0 Å². The number of allylic oxidation sites excluding steroid dienone is 3. The Kier molecular flexibility index (Phi) is 18.1. The van der Waals surface area contributed by atoms with Crippen LogP contribution in [0.1, 0.15) is 13.8 Å². The molecule has 0 N–H and O–H groups in total. The quantitative estimate of drug-likeness (QED) is 0.0484. The largest absolute Gasteiger partial charge is 0.457 e. The highest BCUT2D eigenvalue weighted by Crippen LogP contribution is 2.42. The van der Waals surface area contributed by atoms with Crippen molar-refractivity contribution in [2.45, 2.75) is 13.8 Å². The van der Waals surface area contributed by atoms with Crippen LogP contribution in [0.15, 0.2) is 322 Å². The Morgan fingerprint density at radius 3 is 1.04 bits per heavy atom. The number of rotatable bonds is 18. The molecule has 11 aromatic carbocycles. The number of anilines is 11. The van der Waals surface area contributed by atoms with Crippen LogP contribution in [0.2, 0.25) is 0 Å². The van der Waals surface area contributed by atoms with Crippen LogP contribution < -0.4 is 29.6 Å². The lowest BCUT2D eigenvalue weighted by Crippen LogP contribution is -2.15. The third-order valence-electron chi connectivity index (χ3n) is 13.6. The molecule has 11 rings (SSSR count). The van der Waals surface area contributed by atoms with Gasteiger partial charge in [-0.3, -0.25) is 0 Å². The van der Waals surface area contributed by atoms with Crippen molar-refractivity contribution in [1.29, 1.82) is 0 Å². The zero-order valence-electron chi connectivity index (χ0n) is 45.4. The van der Waals surface area contributed by atoms with E-state index in [9.17, 15) is 0 Å². The predicted octanol–water partition coefficient (Wildman–Crippen LogP) is 21.7. The maximum atomic E-state index is 6.54. The van der Waals surface area contributed by atoms with Crippen LogP contribution in [0.3, 0.4) is 0 Å². The minimum Gasteiger partial charge on any atom is -0.457 e. The van der Waals surface area contributed by atoms with Crippen molar-refractivity contribution >= 4 is 99.7 Å². The van der Waals surface area contributed by atoms with Crippen LogP contribution in [0.4, 0.5) is 62.6 Å². The van der Waals surface area contributed by atoms with Crippen LogP contribution in [-0.2, 0) is 0 Å². The van der Waals surface area contributed by atoms with E-state index in [0.29, 0.717) is 0 Å². The second kappa shape index (κ2) is 26.6. The highest BCUT2D eigenvalue weighted by atomic mass is 127. The van der Waals surface area contributed by atoms with Gasteiger partial charge in [0.1, 0.15) is 11.5 Å². The first kappa shape index (κ1) is 55.1. The van der Waals surface area contributed by atoms with Crippen LogP contribution >= 0.6 is 31.8 Å². The van der Waals surface area contributed by atoms with Gasteiger partial charge in [-0.1, -0.05) is 142 Å². The standard InChI is InChI=1S/C72H56IN4OP.C2H6/c1-3-16-58(4-2)74(62-31-27-53(28-32-62)55-17-14-19-57(73)51-55)64-35-37-66(38-36-64)76(60-22-10-6-11-23-60)68-43-47-70(48-44-68)78-71-49-45-69(46-50-71)77(61-24-12-7-13-25-61)67-41-39-65(40-42-67)75(59-20-8-5-9-21-59)63-33-29-54(30-34-63)56-18-15-26-72(79)52-56;1-2/h3-52H,1-2,79H2;1-2H3/b58-16+;. The van der Waals surface area contributed by atoms with Crippen molar-refractivity contribution in [2.75, 3.05) is 19.6 Å². The molecular weight excluding hydrogens is 1120 g/mol. The van der Waals surface area contributed by atoms with E-state index in [1.807, 2.05) is 62.4 Å². The molecule has 81 heavy (non-hydrogen) atoms. The summed E-state index contributed by atoms with van der Waals surface area (Å²) in [6, 6.07) is 99.9.